The van der Waals surface area contributed by atoms with Crippen LogP contribution in [0.2, 0.25) is 0 Å². The van der Waals surface area contributed by atoms with Crippen LogP contribution in [0.5, 0.6) is 5.75 Å². The average molecular weight is 465 g/mol. The summed E-state index contributed by atoms with van der Waals surface area (Å²) >= 11 is 0. The minimum Gasteiger partial charge on any atom is -0.491 e. The predicted octanol–water partition coefficient (Wildman–Crippen LogP) is 4.66. The van der Waals surface area contributed by atoms with E-state index in [-0.39, 0.29) is 6.61 Å². The highest BCUT2D eigenvalue weighted by Gasteiger charge is 2.25. The number of aryl methyl sites for hydroxylation is 2. The van der Waals surface area contributed by atoms with E-state index in [9.17, 15) is 5.11 Å². The number of aromatic nitrogens is 3. The molecule has 0 spiro atoms. The van der Waals surface area contributed by atoms with Gasteiger partial charge in [-0.15, -0.1) is 0 Å². The topological polar surface area (TPSA) is 93.3 Å². The molecule has 2 N–H and O–H groups in total. The molecule has 3 atom stereocenters. The van der Waals surface area contributed by atoms with E-state index < -0.39 is 6.10 Å². The van der Waals surface area contributed by atoms with Crippen molar-refractivity contribution in [3.8, 4) is 28.4 Å². The number of likely N-dealkylation sites (N-methyl/N-ethyl adjacent to an activating group) is 1. The molecule has 0 saturated heterocycles. The number of aliphatic hydroxyl groups is 1. The van der Waals surface area contributed by atoms with Crippen LogP contribution in [0.25, 0.3) is 22.6 Å². The van der Waals surface area contributed by atoms with Gasteiger partial charge < -0.3 is 19.7 Å². The quantitative estimate of drug-likeness (QED) is 0.476. The van der Waals surface area contributed by atoms with Crippen molar-refractivity contribution in [2.24, 2.45) is 11.8 Å². The highest BCUT2D eigenvalue weighted by molar-refractivity contribution is 5.71. The fourth-order valence-corrected chi connectivity index (χ4v) is 4.95. The standard InChI is InChI=1S/C27H36N4O3/c1-16-9-10-20(11-16)12-24-17(2)26(25-18(3)31-34-19(25)4)30-27(29-24)21-7-6-8-23(13-21)33-15-22(32)14-28-5/h6-8,13,16,20,22,28,32H,9-12,14-15H2,1-5H3/t16-,20+,22?/m0/s1. The SMILES string of the molecule is CNCC(O)COc1cccc(-c2nc(C[C@@H]3CC[C@H](C)C3)c(C)c(-c3c(C)noc3C)n2)c1. The molecule has 7 nitrogen and oxygen atoms in total. The zero-order valence-corrected chi connectivity index (χ0v) is 20.9. The maximum Gasteiger partial charge on any atom is 0.160 e. The molecular weight excluding hydrogens is 428 g/mol. The maximum atomic E-state index is 9.99. The minimum atomic E-state index is -0.573. The second kappa shape index (κ2) is 10.7. The van der Waals surface area contributed by atoms with Gasteiger partial charge in [0.25, 0.3) is 0 Å². The van der Waals surface area contributed by atoms with Crippen LogP contribution in [0, 0.1) is 32.6 Å². The number of nitrogens with one attached hydrogen (secondary N) is 1. The molecule has 2 heterocycles. The Labute approximate surface area is 202 Å². The lowest BCUT2D eigenvalue weighted by Crippen LogP contribution is -2.29. The van der Waals surface area contributed by atoms with Crippen LogP contribution in [-0.4, -0.2) is 46.5 Å². The molecule has 1 aliphatic carbocycles. The van der Waals surface area contributed by atoms with Gasteiger partial charge in [0.05, 0.1) is 17.0 Å². The van der Waals surface area contributed by atoms with Crippen LogP contribution in [-0.2, 0) is 6.42 Å². The Kier molecular flexibility index (Phi) is 7.63. The Bertz CT molecular complexity index is 1110. The summed E-state index contributed by atoms with van der Waals surface area (Å²) in [7, 11) is 1.80. The van der Waals surface area contributed by atoms with Crippen molar-refractivity contribution in [3.05, 3.63) is 47.0 Å². The molecule has 7 heteroatoms. The van der Waals surface area contributed by atoms with Crippen molar-refractivity contribution in [2.75, 3.05) is 20.2 Å². The smallest absolute Gasteiger partial charge is 0.160 e. The first-order valence-corrected chi connectivity index (χ1v) is 12.2. The number of rotatable bonds is 9. The average Bonchev–Trinajstić information content (AvgIpc) is 3.38. The summed E-state index contributed by atoms with van der Waals surface area (Å²) in [4.78, 5) is 10.0. The Morgan fingerprint density at radius 3 is 2.71 bits per heavy atom. The van der Waals surface area contributed by atoms with Crippen LogP contribution in [0.4, 0.5) is 0 Å². The van der Waals surface area contributed by atoms with E-state index in [0.29, 0.717) is 24.0 Å². The largest absolute Gasteiger partial charge is 0.491 e. The van der Waals surface area contributed by atoms with E-state index in [4.69, 9.17) is 19.2 Å². The van der Waals surface area contributed by atoms with Crippen molar-refractivity contribution in [2.45, 2.75) is 59.5 Å². The lowest BCUT2D eigenvalue weighted by molar-refractivity contribution is 0.108. The van der Waals surface area contributed by atoms with E-state index in [1.54, 1.807) is 7.05 Å². The summed E-state index contributed by atoms with van der Waals surface area (Å²) < 4.78 is 11.3. The van der Waals surface area contributed by atoms with Gasteiger partial charge in [-0.3, -0.25) is 0 Å². The number of hydrogen-bond acceptors (Lipinski definition) is 7. The number of hydrogen-bond donors (Lipinski definition) is 2. The molecular formula is C27H36N4O3. The third kappa shape index (κ3) is 5.47. The van der Waals surface area contributed by atoms with Gasteiger partial charge in [0.1, 0.15) is 24.2 Å². The lowest BCUT2D eigenvalue weighted by Gasteiger charge is -2.16. The van der Waals surface area contributed by atoms with Gasteiger partial charge in [0, 0.05) is 17.8 Å². The first kappa shape index (κ1) is 24.4. The monoisotopic (exact) mass is 464 g/mol. The Morgan fingerprint density at radius 2 is 2.03 bits per heavy atom. The van der Waals surface area contributed by atoms with Gasteiger partial charge in [-0.25, -0.2) is 9.97 Å². The molecule has 1 aromatic carbocycles. The fourth-order valence-electron chi connectivity index (χ4n) is 4.95. The third-order valence-corrected chi connectivity index (χ3v) is 6.78. The van der Waals surface area contributed by atoms with Gasteiger partial charge in [0.2, 0.25) is 0 Å². The van der Waals surface area contributed by atoms with Gasteiger partial charge in [-0.05, 0) is 76.6 Å². The van der Waals surface area contributed by atoms with Crippen molar-refractivity contribution in [1.29, 1.82) is 0 Å². The van der Waals surface area contributed by atoms with E-state index in [1.807, 2.05) is 38.1 Å². The summed E-state index contributed by atoms with van der Waals surface area (Å²) in [6.45, 7) is 9.03. The molecule has 0 radical (unpaired) electrons. The summed E-state index contributed by atoms with van der Waals surface area (Å²) in [5.74, 6) is 3.55. The molecule has 2 aromatic heterocycles. The van der Waals surface area contributed by atoms with Crippen molar-refractivity contribution < 1.29 is 14.4 Å². The summed E-state index contributed by atoms with van der Waals surface area (Å²) in [6, 6.07) is 7.77. The van der Waals surface area contributed by atoms with E-state index in [0.717, 1.165) is 51.9 Å². The van der Waals surface area contributed by atoms with Crippen LogP contribution < -0.4 is 10.1 Å². The van der Waals surface area contributed by atoms with E-state index in [1.165, 1.54) is 19.3 Å². The highest BCUT2D eigenvalue weighted by Crippen LogP contribution is 2.36. The molecule has 0 aliphatic heterocycles. The number of aliphatic hydroxyl groups excluding tert-OH is 1. The van der Waals surface area contributed by atoms with Crippen LogP contribution in [0.3, 0.4) is 0 Å². The molecule has 34 heavy (non-hydrogen) atoms. The van der Waals surface area contributed by atoms with Crippen LogP contribution in [0.1, 0.15) is 48.9 Å². The molecule has 1 aliphatic rings. The van der Waals surface area contributed by atoms with E-state index >= 15 is 0 Å². The molecule has 0 bridgehead atoms. The van der Waals surface area contributed by atoms with Gasteiger partial charge in [-0.1, -0.05) is 30.6 Å². The Morgan fingerprint density at radius 1 is 1.21 bits per heavy atom. The zero-order chi connectivity index (χ0) is 24.2. The summed E-state index contributed by atoms with van der Waals surface area (Å²) in [5, 5.41) is 17.1. The normalized spacial score (nSPS) is 18.9. The first-order valence-electron chi connectivity index (χ1n) is 12.2. The molecule has 1 unspecified atom stereocenters. The summed E-state index contributed by atoms with van der Waals surface area (Å²) in [5.41, 5.74) is 5.74. The Hall–Kier alpha value is -2.77. The molecule has 1 saturated carbocycles. The second-order valence-electron chi connectivity index (χ2n) is 9.71. The minimum absolute atomic E-state index is 0.217. The van der Waals surface area contributed by atoms with Crippen molar-refractivity contribution in [1.82, 2.24) is 20.4 Å². The van der Waals surface area contributed by atoms with Gasteiger partial charge in [-0.2, -0.15) is 0 Å². The Balaban J connectivity index is 1.71. The van der Waals surface area contributed by atoms with E-state index in [2.05, 4.69) is 24.3 Å². The maximum absolute atomic E-state index is 9.99. The first-order chi connectivity index (χ1) is 16.4. The van der Waals surface area contributed by atoms with Crippen molar-refractivity contribution >= 4 is 0 Å². The molecule has 4 rings (SSSR count). The number of ether oxygens (including phenoxy) is 1. The number of benzene rings is 1. The van der Waals surface area contributed by atoms with Gasteiger partial charge in [0.15, 0.2) is 5.82 Å². The lowest BCUT2D eigenvalue weighted by atomic mass is 9.95. The molecule has 0 amide bonds. The predicted molar refractivity (Wildman–Crippen MR) is 133 cm³/mol. The number of nitrogens with zero attached hydrogens (tertiary/aromatic N) is 3. The summed E-state index contributed by atoms with van der Waals surface area (Å²) in [6.07, 6.45) is 4.16. The third-order valence-electron chi connectivity index (χ3n) is 6.78. The second-order valence-corrected chi connectivity index (χ2v) is 9.71. The molecule has 3 aromatic rings. The zero-order valence-electron chi connectivity index (χ0n) is 20.9. The molecule has 1 fully saturated rings. The molecule has 182 valence electrons. The van der Waals surface area contributed by atoms with Gasteiger partial charge >= 0.3 is 0 Å². The van der Waals surface area contributed by atoms with Crippen LogP contribution >= 0.6 is 0 Å². The highest BCUT2D eigenvalue weighted by atomic mass is 16.5. The van der Waals surface area contributed by atoms with Crippen LogP contribution in [0.15, 0.2) is 28.8 Å². The van der Waals surface area contributed by atoms with Crippen molar-refractivity contribution in [3.63, 3.8) is 0 Å². The fraction of sp³-hybridized carbons (Fsp3) is 0.519.